The molecule has 1 fully saturated rings. The van der Waals surface area contributed by atoms with Gasteiger partial charge < -0.3 is 19.5 Å². The molecule has 0 unspecified atom stereocenters. The van der Waals surface area contributed by atoms with Gasteiger partial charge in [-0.25, -0.2) is 0 Å². The summed E-state index contributed by atoms with van der Waals surface area (Å²) in [6, 6.07) is 12.1. The van der Waals surface area contributed by atoms with Gasteiger partial charge in [0.2, 0.25) is 5.91 Å². The highest BCUT2D eigenvalue weighted by atomic mass is 32.2. The van der Waals surface area contributed by atoms with Gasteiger partial charge in [0.15, 0.2) is 0 Å². The van der Waals surface area contributed by atoms with Crippen molar-refractivity contribution in [2.45, 2.75) is 6.42 Å². The van der Waals surface area contributed by atoms with Gasteiger partial charge in [0, 0.05) is 31.9 Å². The minimum Gasteiger partial charge on any atom is -0.497 e. The molecule has 3 amide bonds. The monoisotopic (exact) mass is 527 g/mol. The Morgan fingerprint density at radius 3 is 2.53 bits per heavy atom. The van der Waals surface area contributed by atoms with Crippen LogP contribution in [0.25, 0.3) is 5.57 Å². The van der Waals surface area contributed by atoms with Crippen LogP contribution in [0.1, 0.15) is 12.0 Å². The van der Waals surface area contributed by atoms with Crippen molar-refractivity contribution >= 4 is 63.0 Å². The van der Waals surface area contributed by atoms with Crippen LogP contribution in [-0.4, -0.2) is 68.0 Å². The molecule has 2 aromatic rings. The maximum atomic E-state index is 13.6. The zero-order chi connectivity index (χ0) is 25.8. The number of ether oxygens (including phenoxy) is 3. The maximum absolute atomic E-state index is 13.6. The Hall–Kier alpha value is -3.41. The quantitative estimate of drug-likeness (QED) is 0.302. The lowest BCUT2D eigenvalue weighted by atomic mass is 10.1. The molecule has 0 spiro atoms. The first-order valence-electron chi connectivity index (χ1n) is 11.1. The Morgan fingerprint density at radius 1 is 1.03 bits per heavy atom. The van der Waals surface area contributed by atoms with Crippen molar-refractivity contribution in [2.24, 2.45) is 0 Å². The summed E-state index contributed by atoms with van der Waals surface area (Å²) in [7, 11) is 4.62. The summed E-state index contributed by atoms with van der Waals surface area (Å²) in [6.45, 7) is 0.649. The zero-order valence-electron chi connectivity index (χ0n) is 20.0. The average Bonchev–Trinajstić information content (AvgIpc) is 3.31. The lowest BCUT2D eigenvalue weighted by molar-refractivity contribution is -0.122. The first kappa shape index (κ1) is 25.7. The van der Waals surface area contributed by atoms with Crippen LogP contribution in [0, 0.1) is 0 Å². The predicted octanol–water partition coefficient (Wildman–Crippen LogP) is 3.30. The van der Waals surface area contributed by atoms with Crippen LogP contribution in [0.3, 0.4) is 0 Å². The van der Waals surface area contributed by atoms with E-state index in [0.717, 1.165) is 11.8 Å². The molecule has 0 aromatic heterocycles. The molecular weight excluding hydrogens is 502 g/mol. The molecule has 11 heteroatoms. The van der Waals surface area contributed by atoms with Crippen molar-refractivity contribution < 1.29 is 28.6 Å². The van der Waals surface area contributed by atoms with E-state index in [-0.39, 0.29) is 22.9 Å². The summed E-state index contributed by atoms with van der Waals surface area (Å²) >= 11 is 6.52. The number of para-hydroxylation sites is 1. The van der Waals surface area contributed by atoms with Gasteiger partial charge in [0.05, 0.1) is 36.1 Å². The fraction of sp³-hybridized carbons (Fsp3) is 0.280. The Labute approximate surface area is 218 Å². The fourth-order valence-corrected chi connectivity index (χ4v) is 5.38. The van der Waals surface area contributed by atoms with E-state index in [1.807, 2.05) is 0 Å². The number of hydrogen-bond donors (Lipinski definition) is 1. The molecule has 9 nitrogen and oxygen atoms in total. The average molecular weight is 528 g/mol. The van der Waals surface area contributed by atoms with E-state index in [4.69, 9.17) is 26.4 Å². The van der Waals surface area contributed by atoms with Crippen molar-refractivity contribution in [1.82, 2.24) is 4.90 Å². The summed E-state index contributed by atoms with van der Waals surface area (Å²) in [4.78, 5) is 42.9. The summed E-state index contributed by atoms with van der Waals surface area (Å²) in [5.74, 6) is -0.152. The van der Waals surface area contributed by atoms with E-state index >= 15 is 0 Å². The molecule has 2 heterocycles. The molecule has 188 valence electrons. The van der Waals surface area contributed by atoms with Crippen LogP contribution in [0.2, 0.25) is 0 Å². The number of thiocarbonyl (C=S) groups is 1. The third-order valence-corrected chi connectivity index (χ3v) is 7.16. The molecule has 36 heavy (non-hydrogen) atoms. The second-order valence-corrected chi connectivity index (χ2v) is 9.54. The van der Waals surface area contributed by atoms with Crippen LogP contribution in [0.5, 0.6) is 11.5 Å². The maximum Gasteiger partial charge on any atom is 0.267 e. The zero-order valence-corrected chi connectivity index (χ0v) is 21.7. The van der Waals surface area contributed by atoms with E-state index in [0.29, 0.717) is 52.3 Å². The molecule has 1 saturated heterocycles. The lowest BCUT2D eigenvalue weighted by Gasteiger charge is -2.18. The van der Waals surface area contributed by atoms with Crippen LogP contribution >= 0.6 is 24.0 Å². The second-order valence-electron chi connectivity index (χ2n) is 7.90. The highest BCUT2D eigenvalue weighted by Gasteiger charge is 2.42. The summed E-state index contributed by atoms with van der Waals surface area (Å²) in [5.41, 5.74) is 1.85. The molecule has 2 aliphatic rings. The second kappa shape index (κ2) is 11.1. The standard InChI is InChI=1S/C25H25N3O6S2/c1-32-12-6-11-27-24(31)22(36-25(27)35)21-16-7-4-5-8-18(16)28(23(21)30)14-20(29)26-17-10-9-15(33-2)13-19(17)34-3/h4-5,7-10,13H,6,11-12,14H2,1-3H3,(H,26,29). The number of thioether (sulfide) groups is 1. The number of methoxy groups -OCH3 is 3. The van der Waals surface area contributed by atoms with Crippen molar-refractivity contribution in [1.29, 1.82) is 0 Å². The van der Waals surface area contributed by atoms with Gasteiger partial charge in [-0.1, -0.05) is 42.2 Å². The summed E-state index contributed by atoms with van der Waals surface area (Å²) in [5, 5.41) is 2.78. The normalized spacial score (nSPS) is 17.0. The number of carbonyl (C=O) groups excluding carboxylic acids is 3. The molecule has 2 aliphatic heterocycles. The highest BCUT2D eigenvalue weighted by Crippen LogP contribution is 2.44. The summed E-state index contributed by atoms with van der Waals surface area (Å²) in [6.07, 6.45) is 0.622. The minimum absolute atomic E-state index is 0.247. The Kier molecular flexibility index (Phi) is 7.92. The van der Waals surface area contributed by atoms with Gasteiger partial charge in [-0.15, -0.1) is 0 Å². The molecular formula is C25H25N3O6S2. The number of nitrogens with one attached hydrogen (secondary N) is 1. The van der Waals surface area contributed by atoms with E-state index in [1.165, 1.54) is 24.0 Å². The molecule has 0 atom stereocenters. The van der Waals surface area contributed by atoms with Crippen LogP contribution in [-0.2, 0) is 19.1 Å². The third kappa shape index (κ3) is 4.95. The molecule has 0 bridgehead atoms. The van der Waals surface area contributed by atoms with Gasteiger partial charge in [-0.05, 0) is 24.6 Å². The van der Waals surface area contributed by atoms with Crippen molar-refractivity contribution in [3.63, 3.8) is 0 Å². The summed E-state index contributed by atoms with van der Waals surface area (Å²) < 4.78 is 16.0. The van der Waals surface area contributed by atoms with E-state index in [1.54, 1.807) is 49.6 Å². The van der Waals surface area contributed by atoms with Gasteiger partial charge in [-0.2, -0.15) is 0 Å². The van der Waals surface area contributed by atoms with Crippen LogP contribution in [0.4, 0.5) is 11.4 Å². The van der Waals surface area contributed by atoms with E-state index in [2.05, 4.69) is 5.32 Å². The van der Waals surface area contributed by atoms with Crippen LogP contribution in [0.15, 0.2) is 47.4 Å². The molecule has 2 aromatic carbocycles. The number of hydrogen-bond acceptors (Lipinski definition) is 8. The first-order chi connectivity index (χ1) is 17.4. The predicted molar refractivity (Wildman–Crippen MR) is 142 cm³/mol. The lowest BCUT2D eigenvalue weighted by Crippen LogP contribution is -2.35. The number of anilines is 2. The van der Waals surface area contributed by atoms with Gasteiger partial charge in [0.25, 0.3) is 11.8 Å². The molecule has 1 N–H and O–H groups in total. The van der Waals surface area contributed by atoms with E-state index < -0.39 is 11.8 Å². The van der Waals surface area contributed by atoms with Crippen molar-refractivity contribution in [2.75, 3.05) is 51.2 Å². The topological polar surface area (TPSA) is 97.4 Å². The molecule has 0 aliphatic carbocycles. The Bertz CT molecular complexity index is 1260. The Balaban J connectivity index is 1.59. The number of amides is 3. The number of nitrogens with zero attached hydrogens (tertiary/aromatic N) is 2. The largest absolute Gasteiger partial charge is 0.497 e. The Morgan fingerprint density at radius 2 is 1.81 bits per heavy atom. The molecule has 4 rings (SSSR count). The fourth-order valence-electron chi connectivity index (χ4n) is 4.00. The van der Waals surface area contributed by atoms with Crippen molar-refractivity contribution in [3.05, 3.63) is 52.9 Å². The van der Waals surface area contributed by atoms with Gasteiger partial charge in [0.1, 0.15) is 22.4 Å². The smallest absolute Gasteiger partial charge is 0.267 e. The first-order valence-corrected chi connectivity index (χ1v) is 12.3. The number of rotatable bonds is 9. The number of fused-ring (bicyclic) bond motifs is 1. The molecule has 0 radical (unpaired) electrons. The minimum atomic E-state index is -0.426. The third-order valence-electron chi connectivity index (χ3n) is 5.71. The highest BCUT2D eigenvalue weighted by molar-refractivity contribution is 8.26. The number of benzene rings is 2. The molecule has 0 saturated carbocycles. The number of carbonyl (C=O) groups is 3. The van der Waals surface area contributed by atoms with E-state index in [9.17, 15) is 14.4 Å². The van der Waals surface area contributed by atoms with Gasteiger partial charge in [-0.3, -0.25) is 24.2 Å². The SMILES string of the molecule is COCCCN1C(=O)C(=C2C(=O)N(CC(=O)Nc3ccc(OC)cc3OC)c3ccccc32)SC1=S. The van der Waals surface area contributed by atoms with Crippen LogP contribution < -0.4 is 19.7 Å². The van der Waals surface area contributed by atoms with Crippen molar-refractivity contribution in [3.8, 4) is 11.5 Å². The van der Waals surface area contributed by atoms with Gasteiger partial charge >= 0.3 is 0 Å².